The Hall–Kier alpha value is -2.98. The molecule has 0 atom stereocenters. The van der Waals surface area contributed by atoms with E-state index < -0.39 is 14.6 Å². The van der Waals surface area contributed by atoms with E-state index in [1.807, 2.05) is 90.1 Å². The van der Waals surface area contributed by atoms with Crippen LogP contribution in [0.15, 0.2) is 110 Å². The molecule has 0 bridgehead atoms. The summed E-state index contributed by atoms with van der Waals surface area (Å²) in [5.74, 6) is 0. The highest BCUT2D eigenvalue weighted by Gasteiger charge is 2.16. The Bertz CT molecular complexity index is 1400. The highest BCUT2D eigenvalue weighted by atomic mass is 31.8. The topological polar surface area (TPSA) is 106 Å². The molecule has 0 radical (unpaired) electrons. The van der Waals surface area contributed by atoms with Gasteiger partial charge in [0.25, 0.3) is 0 Å². The number of benzene rings is 2. The molecule has 2 aromatic heterocycles. The predicted octanol–water partition coefficient (Wildman–Crippen LogP) is 3.40. The van der Waals surface area contributed by atoms with Crippen molar-refractivity contribution >= 4 is 45.9 Å². The van der Waals surface area contributed by atoms with E-state index in [-0.39, 0.29) is 5.30 Å². The van der Waals surface area contributed by atoms with Crippen molar-refractivity contribution in [2.75, 3.05) is 0 Å². The number of rotatable bonds is 9. The van der Waals surface area contributed by atoms with Crippen molar-refractivity contribution in [3.05, 3.63) is 132 Å². The fraction of sp³-hybridized carbons (Fsp3) is 0.0714. The van der Waals surface area contributed by atoms with E-state index >= 15 is 0 Å². The van der Waals surface area contributed by atoms with Crippen LogP contribution in [0.3, 0.4) is 0 Å². The van der Waals surface area contributed by atoms with Gasteiger partial charge in [0, 0.05) is 40.7 Å². The van der Waals surface area contributed by atoms with Crippen molar-refractivity contribution in [1.82, 2.24) is 0 Å². The minimum absolute atomic E-state index is 0.0239. The SMILES string of the molecule is O=P(O)(O)c1ccc(C[n+]2ccc(C=CC=Cc3cc[n+](Cc4ccc(P(O)(O)=P)cc4)cc3)cc2)cc1. The minimum Gasteiger partial charge on any atom is -0.347 e. The van der Waals surface area contributed by atoms with E-state index in [1.54, 1.807) is 24.3 Å². The number of hydrogen-bond donors (Lipinski definition) is 4. The number of pyridine rings is 2. The average Bonchev–Trinajstić information content (AvgIpc) is 2.88. The van der Waals surface area contributed by atoms with E-state index in [4.69, 9.17) is 0 Å². The summed E-state index contributed by atoms with van der Waals surface area (Å²) < 4.78 is 15.4. The monoisotopic (exact) mass is 566 g/mol. The molecular formula is C28H29N2O5P3+2. The molecule has 4 rings (SSSR count). The number of aromatic nitrogens is 2. The Morgan fingerprint density at radius 1 is 0.605 bits per heavy atom. The van der Waals surface area contributed by atoms with Gasteiger partial charge >= 0.3 is 7.60 Å². The standard InChI is InChI=1S/C28H27N2O5P3/c31-37(32,33)27-9-5-25(6-10-27)21-29-17-13-23(14-18-29)3-1-2-4-24-15-19-30(20-16-24)22-26-7-11-28(12-8-26)38(34,35)36/h1-20,36H,21-22H2,(H2-2,31,32,33,34,35)/p+2. The van der Waals surface area contributed by atoms with Gasteiger partial charge in [-0.3, -0.25) is 4.57 Å². The van der Waals surface area contributed by atoms with Crippen molar-refractivity contribution < 1.29 is 33.3 Å². The molecular weight excluding hydrogens is 537 g/mol. The van der Waals surface area contributed by atoms with Crippen molar-refractivity contribution in [1.29, 1.82) is 0 Å². The van der Waals surface area contributed by atoms with E-state index in [0.717, 1.165) is 22.3 Å². The van der Waals surface area contributed by atoms with Crippen molar-refractivity contribution in [3.8, 4) is 0 Å². The molecule has 0 aliphatic rings. The fourth-order valence-corrected chi connectivity index (χ4v) is 5.28. The van der Waals surface area contributed by atoms with Crippen LogP contribution in [-0.2, 0) is 17.7 Å². The molecule has 0 fully saturated rings. The molecule has 2 aromatic carbocycles. The third-order valence-electron chi connectivity index (χ3n) is 5.82. The largest absolute Gasteiger partial charge is 0.356 e. The first-order valence-corrected chi connectivity index (χ1v) is 16.4. The van der Waals surface area contributed by atoms with Gasteiger partial charge in [-0.2, -0.15) is 0 Å². The maximum Gasteiger partial charge on any atom is 0.356 e. The van der Waals surface area contributed by atoms with Gasteiger partial charge < -0.3 is 19.6 Å². The molecule has 0 spiro atoms. The second-order valence-electron chi connectivity index (χ2n) is 8.80. The number of hydrogen-bond acceptors (Lipinski definition) is 1. The molecule has 10 heteroatoms. The van der Waals surface area contributed by atoms with E-state index in [1.165, 1.54) is 12.1 Å². The summed E-state index contributed by atoms with van der Waals surface area (Å²) >= 11 is 0. The Kier molecular flexibility index (Phi) is 9.04. The van der Waals surface area contributed by atoms with Crippen LogP contribution in [0.2, 0.25) is 0 Å². The summed E-state index contributed by atoms with van der Waals surface area (Å²) in [7, 11) is -4.40. The van der Waals surface area contributed by atoms with E-state index in [2.05, 4.69) is 13.1 Å². The maximum absolute atomic E-state index is 11.3. The summed E-state index contributed by atoms with van der Waals surface area (Å²) in [6.07, 6.45) is 16.0. The quantitative estimate of drug-likeness (QED) is 0.141. The number of allylic oxidation sites excluding steroid dienone is 2. The van der Waals surface area contributed by atoms with Gasteiger partial charge in [-0.25, -0.2) is 9.13 Å². The van der Waals surface area contributed by atoms with Gasteiger partial charge in [-0.1, -0.05) is 57.1 Å². The lowest BCUT2D eigenvalue weighted by Gasteiger charge is -2.09. The van der Waals surface area contributed by atoms with Crippen LogP contribution in [0.4, 0.5) is 0 Å². The zero-order valence-corrected chi connectivity index (χ0v) is 23.2. The first kappa shape index (κ1) is 28.0. The summed E-state index contributed by atoms with van der Waals surface area (Å²) in [6.45, 7) is 1.29. The smallest absolute Gasteiger partial charge is 0.347 e. The minimum atomic E-state index is -4.22. The second-order valence-corrected chi connectivity index (χ2v) is 14.0. The van der Waals surface area contributed by atoms with Crippen LogP contribution in [0.1, 0.15) is 22.3 Å². The molecule has 0 unspecified atom stereocenters. The third kappa shape index (κ3) is 8.26. The molecule has 0 amide bonds. The van der Waals surface area contributed by atoms with Gasteiger partial charge in [0.1, 0.15) is 0 Å². The van der Waals surface area contributed by atoms with E-state index in [9.17, 15) is 24.1 Å². The third-order valence-corrected chi connectivity index (χ3v) is 8.59. The molecule has 4 aromatic rings. The van der Waals surface area contributed by atoms with Crippen molar-refractivity contribution in [2.45, 2.75) is 13.1 Å². The lowest BCUT2D eigenvalue weighted by Crippen LogP contribution is -2.33. The zero-order chi connectivity index (χ0) is 27.2. The molecule has 0 aliphatic heterocycles. The van der Waals surface area contributed by atoms with Crippen LogP contribution in [0.5, 0.6) is 0 Å². The molecule has 7 nitrogen and oxygen atoms in total. The van der Waals surface area contributed by atoms with Gasteiger partial charge in [0.15, 0.2) is 44.9 Å². The second kappa shape index (κ2) is 12.3. The zero-order valence-electron chi connectivity index (χ0n) is 20.4. The van der Waals surface area contributed by atoms with Gasteiger partial charge in [0.05, 0.1) is 5.30 Å². The summed E-state index contributed by atoms with van der Waals surface area (Å²) in [6, 6.07) is 21.7. The summed E-state index contributed by atoms with van der Waals surface area (Å²) in [5.41, 5.74) is 4.15. The van der Waals surface area contributed by atoms with Crippen LogP contribution in [-0.4, -0.2) is 19.6 Å². The Morgan fingerprint density at radius 3 is 1.32 bits per heavy atom. The molecule has 0 saturated carbocycles. The molecule has 0 saturated heterocycles. The first-order chi connectivity index (χ1) is 18.1. The molecule has 194 valence electrons. The lowest BCUT2D eigenvalue weighted by atomic mass is 10.2. The highest BCUT2D eigenvalue weighted by Crippen LogP contribution is 2.40. The predicted molar refractivity (Wildman–Crippen MR) is 153 cm³/mol. The van der Waals surface area contributed by atoms with Crippen LogP contribution in [0, 0.1) is 0 Å². The van der Waals surface area contributed by atoms with Crippen LogP contribution >= 0.6 is 23.1 Å². The first-order valence-electron chi connectivity index (χ1n) is 11.7. The molecule has 0 aliphatic carbocycles. The Balaban J connectivity index is 1.28. The lowest BCUT2D eigenvalue weighted by molar-refractivity contribution is -0.688. The van der Waals surface area contributed by atoms with Crippen LogP contribution in [0.25, 0.3) is 12.2 Å². The van der Waals surface area contributed by atoms with Gasteiger partial charge in [-0.15, -0.1) is 0 Å². The fourth-order valence-electron chi connectivity index (χ4n) is 3.73. The van der Waals surface area contributed by atoms with E-state index in [0.29, 0.717) is 18.4 Å². The average molecular weight is 566 g/mol. The Labute approximate surface area is 224 Å². The summed E-state index contributed by atoms with van der Waals surface area (Å²) in [4.78, 5) is 37.8. The molecule has 38 heavy (non-hydrogen) atoms. The molecule has 4 N–H and O–H groups in total. The van der Waals surface area contributed by atoms with Gasteiger partial charge in [-0.05, 0) is 35.4 Å². The Morgan fingerprint density at radius 2 is 0.974 bits per heavy atom. The summed E-state index contributed by atoms with van der Waals surface area (Å²) in [5, 5.41) is 0.510. The molecule has 2 heterocycles. The van der Waals surface area contributed by atoms with Crippen LogP contribution < -0.4 is 19.7 Å². The van der Waals surface area contributed by atoms with Gasteiger partial charge in [0.2, 0.25) is 0 Å². The van der Waals surface area contributed by atoms with Crippen molar-refractivity contribution in [3.63, 3.8) is 0 Å². The number of nitrogens with zero attached hydrogens (tertiary/aromatic N) is 2. The maximum atomic E-state index is 11.3. The van der Waals surface area contributed by atoms with Crippen molar-refractivity contribution in [2.24, 2.45) is 0 Å². The highest BCUT2D eigenvalue weighted by molar-refractivity contribution is 7.96. The normalized spacial score (nSPS) is 12.4.